The third kappa shape index (κ3) is 1.75. The van der Waals surface area contributed by atoms with Gasteiger partial charge in [0.15, 0.2) is 0 Å². The van der Waals surface area contributed by atoms with E-state index in [9.17, 15) is 0 Å². The van der Waals surface area contributed by atoms with Crippen LogP contribution in [0.25, 0.3) is 11.3 Å². The number of anilines is 1. The summed E-state index contributed by atoms with van der Waals surface area (Å²) in [7, 11) is 0. The number of benzene rings is 1. The van der Waals surface area contributed by atoms with Gasteiger partial charge in [0, 0.05) is 22.5 Å². The first-order valence-corrected chi connectivity index (χ1v) is 6.02. The molecule has 2 nitrogen and oxygen atoms in total. The molecule has 15 heavy (non-hydrogen) atoms. The maximum absolute atomic E-state index is 5.75. The molecule has 0 atom stereocenters. The second-order valence-electron chi connectivity index (χ2n) is 3.97. The van der Waals surface area contributed by atoms with Crippen LogP contribution in [0.2, 0.25) is 0 Å². The fraction of sp³-hybridized carbons (Fsp3) is 0.250. The number of nitrogen functional groups attached to an aromatic ring is 1. The van der Waals surface area contributed by atoms with Gasteiger partial charge in [0.05, 0.1) is 10.7 Å². The topological polar surface area (TPSA) is 38.9 Å². The molecular formula is C12H12N2S. The van der Waals surface area contributed by atoms with Crippen LogP contribution in [-0.4, -0.2) is 4.98 Å². The molecular weight excluding hydrogens is 204 g/mol. The lowest BCUT2D eigenvalue weighted by atomic mass is 10.1. The Morgan fingerprint density at radius 1 is 1.33 bits per heavy atom. The average Bonchev–Trinajstić information content (AvgIpc) is 2.97. The van der Waals surface area contributed by atoms with Crippen LogP contribution in [0.15, 0.2) is 29.6 Å². The van der Waals surface area contributed by atoms with E-state index in [1.807, 2.05) is 18.2 Å². The lowest BCUT2D eigenvalue weighted by Crippen LogP contribution is -1.85. The molecule has 1 aliphatic carbocycles. The van der Waals surface area contributed by atoms with Gasteiger partial charge < -0.3 is 5.73 Å². The minimum absolute atomic E-state index is 0.741. The molecule has 0 spiro atoms. The van der Waals surface area contributed by atoms with Crippen molar-refractivity contribution in [3.63, 3.8) is 0 Å². The van der Waals surface area contributed by atoms with Crippen molar-refractivity contribution >= 4 is 17.0 Å². The van der Waals surface area contributed by atoms with Gasteiger partial charge in [-0.1, -0.05) is 12.1 Å². The number of aromatic nitrogens is 1. The van der Waals surface area contributed by atoms with Crippen molar-refractivity contribution in [2.75, 3.05) is 5.73 Å². The van der Waals surface area contributed by atoms with Crippen molar-refractivity contribution in [3.8, 4) is 11.3 Å². The molecule has 1 fully saturated rings. The summed E-state index contributed by atoms with van der Waals surface area (Å²) in [5, 5.41) is 3.41. The quantitative estimate of drug-likeness (QED) is 0.782. The summed E-state index contributed by atoms with van der Waals surface area (Å²) in [5.74, 6) is 0.741. The minimum Gasteiger partial charge on any atom is -0.399 e. The highest BCUT2D eigenvalue weighted by Crippen LogP contribution is 2.42. The highest BCUT2D eigenvalue weighted by atomic mass is 32.1. The molecule has 0 saturated heterocycles. The zero-order valence-electron chi connectivity index (χ0n) is 8.31. The Bertz CT molecular complexity index is 486. The lowest BCUT2D eigenvalue weighted by Gasteiger charge is -1.97. The predicted octanol–water partition coefficient (Wildman–Crippen LogP) is 3.27. The Kier molecular flexibility index (Phi) is 1.99. The predicted molar refractivity (Wildman–Crippen MR) is 63.9 cm³/mol. The molecule has 76 valence electrons. The summed E-state index contributed by atoms with van der Waals surface area (Å²) in [5.41, 5.74) is 8.74. The summed E-state index contributed by atoms with van der Waals surface area (Å²) in [6.45, 7) is 0. The first-order chi connectivity index (χ1) is 7.33. The van der Waals surface area contributed by atoms with Crippen LogP contribution in [0.3, 0.4) is 0 Å². The number of nitrogens with zero attached hydrogens (tertiary/aromatic N) is 1. The smallest absolute Gasteiger partial charge is 0.0963 e. The Morgan fingerprint density at radius 2 is 2.20 bits per heavy atom. The molecule has 0 aliphatic heterocycles. The molecule has 0 unspecified atom stereocenters. The summed E-state index contributed by atoms with van der Waals surface area (Å²) in [6.07, 6.45) is 2.62. The largest absolute Gasteiger partial charge is 0.399 e. The van der Waals surface area contributed by atoms with Crippen LogP contribution >= 0.6 is 11.3 Å². The zero-order chi connectivity index (χ0) is 10.3. The Morgan fingerprint density at radius 3 is 2.93 bits per heavy atom. The van der Waals surface area contributed by atoms with E-state index < -0.39 is 0 Å². The minimum atomic E-state index is 0.741. The van der Waals surface area contributed by atoms with Crippen LogP contribution < -0.4 is 5.73 Å². The molecule has 3 rings (SSSR count). The summed E-state index contributed by atoms with van der Waals surface area (Å²) >= 11 is 1.77. The first-order valence-electron chi connectivity index (χ1n) is 5.14. The molecule has 1 aromatic heterocycles. The van der Waals surface area contributed by atoms with Gasteiger partial charge in [-0.15, -0.1) is 11.3 Å². The normalized spacial score (nSPS) is 15.5. The molecule has 2 aromatic rings. The van der Waals surface area contributed by atoms with Crippen LogP contribution in [0.1, 0.15) is 23.8 Å². The fourth-order valence-corrected chi connectivity index (χ4v) is 2.64. The summed E-state index contributed by atoms with van der Waals surface area (Å²) in [6, 6.07) is 7.91. The third-order valence-electron chi connectivity index (χ3n) is 2.63. The van der Waals surface area contributed by atoms with E-state index in [4.69, 9.17) is 5.73 Å². The SMILES string of the molecule is Nc1cccc(-c2csc(C3CC3)n2)c1. The molecule has 1 saturated carbocycles. The van der Waals surface area contributed by atoms with Crippen molar-refractivity contribution in [1.82, 2.24) is 4.98 Å². The first kappa shape index (κ1) is 8.92. The van der Waals surface area contributed by atoms with Gasteiger partial charge in [0.25, 0.3) is 0 Å². The Hall–Kier alpha value is -1.35. The number of hydrogen-bond donors (Lipinski definition) is 1. The average molecular weight is 216 g/mol. The molecule has 0 amide bonds. The van der Waals surface area contributed by atoms with Gasteiger partial charge in [0.2, 0.25) is 0 Å². The molecule has 2 N–H and O–H groups in total. The van der Waals surface area contributed by atoms with E-state index in [1.54, 1.807) is 11.3 Å². The molecule has 1 aliphatic rings. The molecule has 1 heterocycles. The van der Waals surface area contributed by atoms with Gasteiger partial charge in [-0.25, -0.2) is 4.98 Å². The molecule has 0 bridgehead atoms. The van der Waals surface area contributed by atoms with Gasteiger partial charge in [-0.05, 0) is 25.0 Å². The summed E-state index contributed by atoms with van der Waals surface area (Å²) < 4.78 is 0. The summed E-state index contributed by atoms with van der Waals surface area (Å²) in [4.78, 5) is 4.65. The van der Waals surface area contributed by atoms with Crippen molar-refractivity contribution in [2.24, 2.45) is 0 Å². The number of nitrogens with two attached hydrogens (primary N) is 1. The van der Waals surface area contributed by atoms with E-state index >= 15 is 0 Å². The zero-order valence-corrected chi connectivity index (χ0v) is 9.13. The van der Waals surface area contributed by atoms with Crippen LogP contribution in [-0.2, 0) is 0 Å². The highest BCUT2D eigenvalue weighted by Gasteiger charge is 2.26. The van der Waals surface area contributed by atoms with E-state index in [2.05, 4.69) is 16.4 Å². The second kappa shape index (κ2) is 3.35. The maximum Gasteiger partial charge on any atom is 0.0963 e. The molecule has 1 aromatic carbocycles. The number of rotatable bonds is 2. The lowest BCUT2D eigenvalue weighted by molar-refractivity contribution is 1.09. The fourth-order valence-electron chi connectivity index (χ4n) is 1.64. The Balaban J connectivity index is 1.97. The van der Waals surface area contributed by atoms with Gasteiger partial charge in [-0.2, -0.15) is 0 Å². The second-order valence-corrected chi connectivity index (χ2v) is 4.86. The van der Waals surface area contributed by atoms with Crippen molar-refractivity contribution < 1.29 is 0 Å². The monoisotopic (exact) mass is 216 g/mol. The molecule has 3 heteroatoms. The third-order valence-corrected chi connectivity index (χ3v) is 3.64. The van der Waals surface area contributed by atoms with E-state index in [0.717, 1.165) is 22.9 Å². The van der Waals surface area contributed by atoms with E-state index in [-0.39, 0.29) is 0 Å². The van der Waals surface area contributed by atoms with Crippen LogP contribution in [0, 0.1) is 0 Å². The van der Waals surface area contributed by atoms with Gasteiger partial charge in [0.1, 0.15) is 0 Å². The standard InChI is InChI=1S/C12H12N2S/c13-10-3-1-2-9(6-10)11-7-15-12(14-11)8-4-5-8/h1-3,6-8H,4-5,13H2. The van der Waals surface area contributed by atoms with Crippen LogP contribution in [0.5, 0.6) is 0 Å². The number of thiazole rings is 1. The number of hydrogen-bond acceptors (Lipinski definition) is 3. The van der Waals surface area contributed by atoms with Crippen molar-refractivity contribution in [2.45, 2.75) is 18.8 Å². The highest BCUT2D eigenvalue weighted by molar-refractivity contribution is 7.10. The van der Waals surface area contributed by atoms with Crippen molar-refractivity contribution in [1.29, 1.82) is 0 Å². The van der Waals surface area contributed by atoms with E-state index in [0.29, 0.717) is 0 Å². The van der Waals surface area contributed by atoms with Gasteiger partial charge in [-0.3, -0.25) is 0 Å². The van der Waals surface area contributed by atoms with E-state index in [1.165, 1.54) is 17.8 Å². The Labute approximate surface area is 92.8 Å². The maximum atomic E-state index is 5.75. The van der Waals surface area contributed by atoms with Gasteiger partial charge >= 0.3 is 0 Å². The van der Waals surface area contributed by atoms with Crippen LogP contribution in [0.4, 0.5) is 5.69 Å². The van der Waals surface area contributed by atoms with Crippen molar-refractivity contribution in [3.05, 3.63) is 34.7 Å². The molecule has 0 radical (unpaired) electrons.